The SMILES string of the molecule is Cc1ccc(OC2CCCCCC2)c(/C=C/C(=O)O)n1. The van der Waals surface area contributed by atoms with Gasteiger partial charge < -0.3 is 9.84 Å². The topological polar surface area (TPSA) is 59.4 Å². The van der Waals surface area contributed by atoms with Crippen LogP contribution in [0, 0.1) is 6.92 Å². The van der Waals surface area contributed by atoms with Gasteiger partial charge in [0.15, 0.2) is 0 Å². The molecule has 0 saturated heterocycles. The first kappa shape index (κ1) is 14.6. The van der Waals surface area contributed by atoms with E-state index in [1.807, 2.05) is 19.1 Å². The lowest BCUT2D eigenvalue weighted by molar-refractivity contribution is -0.131. The Labute approximate surface area is 119 Å². The molecule has 1 aliphatic carbocycles. The van der Waals surface area contributed by atoms with Gasteiger partial charge in [-0.15, -0.1) is 0 Å². The van der Waals surface area contributed by atoms with E-state index in [-0.39, 0.29) is 6.10 Å². The largest absolute Gasteiger partial charge is 0.488 e. The van der Waals surface area contributed by atoms with Crippen LogP contribution in [0.3, 0.4) is 0 Å². The van der Waals surface area contributed by atoms with Crippen LogP contribution in [0.25, 0.3) is 6.08 Å². The van der Waals surface area contributed by atoms with E-state index < -0.39 is 5.97 Å². The molecule has 0 bridgehead atoms. The number of carbonyl (C=O) groups is 1. The molecule has 108 valence electrons. The molecule has 0 aromatic carbocycles. The summed E-state index contributed by atoms with van der Waals surface area (Å²) in [6.45, 7) is 1.88. The van der Waals surface area contributed by atoms with Crippen molar-refractivity contribution >= 4 is 12.0 Å². The summed E-state index contributed by atoms with van der Waals surface area (Å²) in [7, 11) is 0. The van der Waals surface area contributed by atoms with E-state index >= 15 is 0 Å². The average molecular weight is 275 g/mol. The van der Waals surface area contributed by atoms with Crippen LogP contribution in [0.15, 0.2) is 18.2 Å². The number of aromatic nitrogens is 1. The molecule has 1 N–H and O–H groups in total. The number of hydrogen-bond donors (Lipinski definition) is 1. The molecule has 20 heavy (non-hydrogen) atoms. The molecule has 4 heteroatoms. The Morgan fingerprint density at radius 2 is 2.00 bits per heavy atom. The zero-order valence-electron chi connectivity index (χ0n) is 11.8. The fourth-order valence-corrected chi connectivity index (χ4v) is 2.47. The van der Waals surface area contributed by atoms with Crippen molar-refractivity contribution in [2.75, 3.05) is 0 Å². The molecule has 0 amide bonds. The molecule has 1 aromatic rings. The van der Waals surface area contributed by atoms with E-state index in [1.54, 1.807) is 0 Å². The molecule has 1 saturated carbocycles. The monoisotopic (exact) mass is 275 g/mol. The molecule has 2 rings (SSSR count). The summed E-state index contributed by atoms with van der Waals surface area (Å²) in [6, 6.07) is 3.78. The van der Waals surface area contributed by atoms with Crippen LogP contribution in [0.4, 0.5) is 0 Å². The quantitative estimate of drug-likeness (QED) is 0.674. The Bertz CT molecular complexity index is 488. The molecule has 1 fully saturated rings. The zero-order chi connectivity index (χ0) is 14.4. The van der Waals surface area contributed by atoms with E-state index in [0.717, 1.165) is 24.6 Å². The third-order valence-electron chi connectivity index (χ3n) is 3.50. The predicted molar refractivity (Wildman–Crippen MR) is 77.8 cm³/mol. The van der Waals surface area contributed by atoms with Crippen LogP contribution in [-0.2, 0) is 4.79 Å². The van der Waals surface area contributed by atoms with Gasteiger partial charge in [-0.05, 0) is 50.8 Å². The first-order valence-corrected chi connectivity index (χ1v) is 7.20. The molecule has 0 unspecified atom stereocenters. The molecule has 0 aliphatic heterocycles. The molecule has 1 aliphatic rings. The molecule has 1 aromatic heterocycles. The van der Waals surface area contributed by atoms with Gasteiger partial charge in [-0.2, -0.15) is 0 Å². The van der Waals surface area contributed by atoms with Crippen molar-refractivity contribution in [3.8, 4) is 5.75 Å². The molecule has 0 spiro atoms. The normalized spacial score (nSPS) is 17.1. The minimum Gasteiger partial charge on any atom is -0.488 e. The first-order valence-electron chi connectivity index (χ1n) is 7.20. The number of carboxylic acid groups (broad SMARTS) is 1. The molecular weight excluding hydrogens is 254 g/mol. The number of aliphatic carboxylic acids is 1. The summed E-state index contributed by atoms with van der Waals surface area (Å²) in [4.78, 5) is 15.0. The van der Waals surface area contributed by atoms with Crippen LogP contribution in [-0.4, -0.2) is 22.2 Å². The Morgan fingerprint density at radius 3 is 2.65 bits per heavy atom. The standard InChI is InChI=1S/C16H21NO3/c1-12-8-10-15(14(17-12)9-11-16(18)19)20-13-6-4-2-3-5-7-13/h8-11,13H,2-7H2,1H3,(H,18,19)/b11-9+. The molecule has 0 radical (unpaired) electrons. The number of nitrogens with zero attached hydrogens (tertiary/aromatic N) is 1. The summed E-state index contributed by atoms with van der Waals surface area (Å²) in [5.74, 6) is -0.297. The maximum Gasteiger partial charge on any atom is 0.328 e. The second kappa shape index (κ2) is 7.08. The van der Waals surface area contributed by atoms with Crippen molar-refractivity contribution in [3.63, 3.8) is 0 Å². The van der Waals surface area contributed by atoms with Crippen molar-refractivity contribution in [3.05, 3.63) is 29.6 Å². The maximum absolute atomic E-state index is 10.6. The Kier molecular flexibility index (Phi) is 5.16. The zero-order valence-corrected chi connectivity index (χ0v) is 11.8. The van der Waals surface area contributed by atoms with Crippen LogP contribution in [0.5, 0.6) is 5.75 Å². The molecule has 1 heterocycles. The fraction of sp³-hybridized carbons (Fsp3) is 0.500. The fourth-order valence-electron chi connectivity index (χ4n) is 2.47. The van der Waals surface area contributed by atoms with Crippen molar-refractivity contribution < 1.29 is 14.6 Å². The van der Waals surface area contributed by atoms with E-state index in [1.165, 1.54) is 31.8 Å². The lowest BCUT2D eigenvalue weighted by atomic mass is 10.1. The van der Waals surface area contributed by atoms with Crippen LogP contribution in [0.2, 0.25) is 0 Å². The van der Waals surface area contributed by atoms with Gasteiger partial charge in [0.2, 0.25) is 0 Å². The van der Waals surface area contributed by atoms with Crippen LogP contribution < -0.4 is 4.74 Å². The van der Waals surface area contributed by atoms with Gasteiger partial charge in [-0.3, -0.25) is 0 Å². The highest BCUT2D eigenvalue weighted by atomic mass is 16.5. The molecule has 0 atom stereocenters. The minimum atomic E-state index is -0.978. The maximum atomic E-state index is 10.6. The lowest BCUT2D eigenvalue weighted by Crippen LogP contribution is -2.16. The molecular formula is C16H21NO3. The van der Waals surface area contributed by atoms with Crippen molar-refractivity contribution in [2.45, 2.75) is 51.6 Å². The Balaban J connectivity index is 2.14. The van der Waals surface area contributed by atoms with Crippen LogP contribution >= 0.6 is 0 Å². The van der Waals surface area contributed by atoms with E-state index in [2.05, 4.69) is 4.98 Å². The van der Waals surface area contributed by atoms with E-state index in [4.69, 9.17) is 9.84 Å². The number of pyridine rings is 1. The van der Waals surface area contributed by atoms with Gasteiger partial charge in [0, 0.05) is 11.8 Å². The number of aryl methyl sites for hydroxylation is 1. The van der Waals surface area contributed by atoms with Crippen molar-refractivity contribution in [2.24, 2.45) is 0 Å². The second-order valence-corrected chi connectivity index (χ2v) is 5.24. The summed E-state index contributed by atoms with van der Waals surface area (Å²) in [5.41, 5.74) is 1.44. The molecule has 4 nitrogen and oxygen atoms in total. The highest BCUT2D eigenvalue weighted by molar-refractivity contribution is 5.85. The smallest absolute Gasteiger partial charge is 0.328 e. The second-order valence-electron chi connectivity index (χ2n) is 5.24. The van der Waals surface area contributed by atoms with Crippen molar-refractivity contribution in [1.29, 1.82) is 0 Å². The van der Waals surface area contributed by atoms with Gasteiger partial charge in [-0.25, -0.2) is 9.78 Å². The van der Waals surface area contributed by atoms with E-state index in [0.29, 0.717) is 11.4 Å². The first-order chi connectivity index (χ1) is 9.65. The Hall–Kier alpha value is -1.84. The third-order valence-corrected chi connectivity index (χ3v) is 3.50. The summed E-state index contributed by atoms with van der Waals surface area (Å²) in [5, 5.41) is 8.74. The number of rotatable bonds is 4. The van der Waals surface area contributed by atoms with Gasteiger partial charge in [-0.1, -0.05) is 12.8 Å². The number of hydrogen-bond acceptors (Lipinski definition) is 3. The average Bonchev–Trinajstić information content (AvgIpc) is 2.67. The summed E-state index contributed by atoms with van der Waals surface area (Å²) < 4.78 is 6.05. The number of ether oxygens (including phenoxy) is 1. The predicted octanol–water partition coefficient (Wildman–Crippen LogP) is 3.59. The van der Waals surface area contributed by atoms with Gasteiger partial charge >= 0.3 is 5.97 Å². The minimum absolute atomic E-state index is 0.221. The van der Waals surface area contributed by atoms with Gasteiger partial charge in [0.1, 0.15) is 11.4 Å². The number of carboxylic acids is 1. The highest BCUT2D eigenvalue weighted by Gasteiger charge is 2.15. The van der Waals surface area contributed by atoms with Crippen LogP contribution in [0.1, 0.15) is 49.9 Å². The summed E-state index contributed by atoms with van der Waals surface area (Å²) in [6.07, 6.45) is 9.90. The Morgan fingerprint density at radius 1 is 1.30 bits per heavy atom. The summed E-state index contributed by atoms with van der Waals surface area (Å²) >= 11 is 0. The van der Waals surface area contributed by atoms with Crippen molar-refractivity contribution in [1.82, 2.24) is 4.98 Å². The lowest BCUT2D eigenvalue weighted by Gasteiger charge is -2.18. The highest BCUT2D eigenvalue weighted by Crippen LogP contribution is 2.25. The van der Waals surface area contributed by atoms with E-state index in [9.17, 15) is 4.79 Å². The van der Waals surface area contributed by atoms with Gasteiger partial charge in [0.05, 0.1) is 6.10 Å². The van der Waals surface area contributed by atoms with Gasteiger partial charge in [0.25, 0.3) is 0 Å². The third kappa shape index (κ3) is 4.37.